The van der Waals surface area contributed by atoms with Gasteiger partial charge in [-0.3, -0.25) is 19.2 Å². The van der Waals surface area contributed by atoms with Crippen LogP contribution < -0.4 is 0 Å². The monoisotopic (exact) mass is 470 g/mol. The van der Waals surface area contributed by atoms with E-state index in [0.29, 0.717) is 0 Å². The van der Waals surface area contributed by atoms with Crippen molar-refractivity contribution in [1.82, 2.24) is 9.80 Å². The van der Waals surface area contributed by atoms with E-state index >= 15 is 0 Å². The molecule has 2 amide bonds. The van der Waals surface area contributed by atoms with Crippen LogP contribution in [0.1, 0.15) is 19.3 Å². The van der Waals surface area contributed by atoms with Crippen LogP contribution in [0, 0.1) is 11.8 Å². The van der Waals surface area contributed by atoms with Crippen molar-refractivity contribution in [2.24, 2.45) is 11.8 Å². The summed E-state index contributed by atoms with van der Waals surface area (Å²) in [7, 11) is 2.50. The first-order valence-corrected chi connectivity index (χ1v) is 13.1. The average Bonchev–Trinajstić information content (AvgIpc) is 3.17. The fraction of sp³-hybridized carbons (Fsp3) is 0.778. The normalized spacial score (nSPS) is 57.8. The lowest BCUT2D eigenvalue weighted by atomic mass is 9.79. The standard InChI is InChI=1S/C18H18N2O7S3/c21-6-1-7-11(23)8-4(6)2-18(30-29-7)16(27)19-9-5-3-17(19,15(26)20(8)18)28-14(10(5)22)13(25)12(9)24/h4-5,7-9,11-14,23-25H,1-3H2/t4-,5+,7+,8-,9-,11-,12+,13+,14+,17+,18+/m1/s1. The summed E-state index contributed by atoms with van der Waals surface area (Å²) in [5.74, 6) is -2.31. The zero-order valence-corrected chi connectivity index (χ0v) is 17.9. The number of amides is 2. The van der Waals surface area contributed by atoms with Crippen molar-refractivity contribution < 1.29 is 34.5 Å². The molecule has 0 unspecified atom stereocenters. The van der Waals surface area contributed by atoms with Crippen molar-refractivity contribution in [1.29, 1.82) is 0 Å². The van der Waals surface area contributed by atoms with Crippen LogP contribution in [0.3, 0.4) is 0 Å². The van der Waals surface area contributed by atoms with Gasteiger partial charge in [0.15, 0.2) is 15.5 Å². The number of hydrogen-bond acceptors (Lipinski definition) is 10. The van der Waals surface area contributed by atoms with Crippen molar-refractivity contribution in [3.63, 3.8) is 0 Å². The molecule has 6 bridgehead atoms. The number of piperazine rings is 1. The van der Waals surface area contributed by atoms with E-state index in [-0.39, 0.29) is 42.0 Å². The Bertz CT molecular complexity index is 932. The molecule has 0 radical (unpaired) electrons. The predicted octanol–water partition coefficient (Wildman–Crippen LogP) is -1.66. The lowest BCUT2D eigenvalue weighted by molar-refractivity contribution is -0.171. The molecule has 5 heterocycles. The number of carbonyl (C=O) groups excluding carboxylic acids is 4. The summed E-state index contributed by atoms with van der Waals surface area (Å²) in [6, 6.07) is -1.70. The van der Waals surface area contributed by atoms with Crippen LogP contribution in [0.2, 0.25) is 0 Å². The van der Waals surface area contributed by atoms with Crippen LogP contribution in [0.25, 0.3) is 0 Å². The Hall–Kier alpha value is -0.790. The van der Waals surface area contributed by atoms with Crippen molar-refractivity contribution in [3.8, 4) is 0 Å². The summed E-state index contributed by atoms with van der Waals surface area (Å²) in [6.07, 6.45) is -3.10. The molecule has 2 saturated carbocycles. The topological polar surface area (TPSA) is 135 Å². The Morgan fingerprint density at radius 2 is 1.47 bits per heavy atom. The third-order valence-corrected chi connectivity index (χ3v) is 13.3. The highest BCUT2D eigenvalue weighted by atomic mass is 33.1. The Morgan fingerprint density at radius 3 is 2.23 bits per heavy atom. The number of aliphatic hydroxyl groups is 3. The molecule has 7 fully saturated rings. The summed E-state index contributed by atoms with van der Waals surface area (Å²) in [6.45, 7) is 0. The van der Waals surface area contributed by atoms with Crippen LogP contribution in [0.4, 0.5) is 0 Å². The van der Waals surface area contributed by atoms with E-state index in [0.717, 1.165) is 11.8 Å². The highest BCUT2D eigenvalue weighted by molar-refractivity contribution is 8.77. The molecule has 11 atom stereocenters. The number of rotatable bonds is 0. The smallest absolute Gasteiger partial charge is 0.261 e. The van der Waals surface area contributed by atoms with Crippen molar-refractivity contribution in [2.45, 2.75) is 69.9 Å². The summed E-state index contributed by atoms with van der Waals surface area (Å²) in [5.41, 5.74) is 0. The molecular weight excluding hydrogens is 452 g/mol. The molecule has 0 aromatic rings. The number of carbonyl (C=O) groups is 4. The van der Waals surface area contributed by atoms with E-state index in [1.54, 1.807) is 0 Å². The quantitative estimate of drug-likeness (QED) is 0.353. The van der Waals surface area contributed by atoms with E-state index in [2.05, 4.69) is 0 Å². The zero-order valence-electron chi connectivity index (χ0n) is 15.4. The first kappa shape index (κ1) is 18.8. The summed E-state index contributed by atoms with van der Waals surface area (Å²) in [5, 5.41) is 30.9. The van der Waals surface area contributed by atoms with Crippen LogP contribution in [-0.2, 0) is 19.2 Å². The van der Waals surface area contributed by atoms with Gasteiger partial charge in [0.1, 0.15) is 18.0 Å². The van der Waals surface area contributed by atoms with Crippen molar-refractivity contribution in [3.05, 3.63) is 0 Å². The van der Waals surface area contributed by atoms with Gasteiger partial charge in [0.2, 0.25) is 0 Å². The zero-order chi connectivity index (χ0) is 20.9. The molecule has 7 rings (SSSR count). The van der Waals surface area contributed by atoms with Crippen molar-refractivity contribution in [2.75, 3.05) is 0 Å². The van der Waals surface area contributed by atoms with Gasteiger partial charge in [-0.05, 0) is 0 Å². The molecule has 1 spiro atoms. The molecule has 9 nitrogen and oxygen atoms in total. The lowest BCUT2D eigenvalue weighted by Gasteiger charge is -2.53. The molecule has 0 aromatic heterocycles. The first-order chi connectivity index (χ1) is 14.2. The maximum absolute atomic E-state index is 14.1. The maximum Gasteiger partial charge on any atom is 0.261 e. The highest BCUT2D eigenvalue weighted by Crippen LogP contribution is 2.68. The van der Waals surface area contributed by atoms with Gasteiger partial charge < -0.3 is 25.1 Å². The maximum atomic E-state index is 14.1. The van der Waals surface area contributed by atoms with Crippen LogP contribution in [0.15, 0.2) is 0 Å². The molecule has 2 aliphatic carbocycles. The largest absolute Gasteiger partial charge is 0.390 e. The van der Waals surface area contributed by atoms with Crippen LogP contribution >= 0.6 is 33.3 Å². The van der Waals surface area contributed by atoms with Gasteiger partial charge in [0.25, 0.3) is 11.8 Å². The van der Waals surface area contributed by atoms with Gasteiger partial charge in [0.05, 0.1) is 28.7 Å². The number of hydrogen-bond donors (Lipinski definition) is 3. The van der Waals surface area contributed by atoms with E-state index in [4.69, 9.17) is 0 Å². The molecular formula is C18H18N2O7S3. The van der Waals surface area contributed by atoms with E-state index < -0.39 is 63.1 Å². The Balaban J connectivity index is 1.44. The van der Waals surface area contributed by atoms with Gasteiger partial charge in [0, 0.05) is 31.1 Å². The average molecular weight is 471 g/mol. The second-order valence-corrected chi connectivity index (χ2v) is 13.5. The molecule has 30 heavy (non-hydrogen) atoms. The Morgan fingerprint density at radius 1 is 0.833 bits per heavy atom. The third kappa shape index (κ3) is 1.72. The van der Waals surface area contributed by atoms with E-state index in [1.807, 2.05) is 0 Å². The van der Waals surface area contributed by atoms with E-state index in [9.17, 15) is 34.5 Å². The number of fused-ring (bicyclic) bond motifs is 3. The van der Waals surface area contributed by atoms with Crippen LogP contribution in [-0.4, -0.2) is 99.1 Å². The fourth-order valence-electron chi connectivity index (χ4n) is 6.87. The summed E-state index contributed by atoms with van der Waals surface area (Å²) in [4.78, 5) is 53.9. The first-order valence-electron chi connectivity index (χ1n) is 10.0. The van der Waals surface area contributed by atoms with Crippen LogP contribution in [0.5, 0.6) is 0 Å². The molecule has 5 saturated heterocycles. The minimum atomic E-state index is -1.38. The second kappa shape index (κ2) is 5.40. The molecule has 160 valence electrons. The van der Waals surface area contributed by atoms with E-state index in [1.165, 1.54) is 31.4 Å². The molecule has 0 aromatic carbocycles. The van der Waals surface area contributed by atoms with Gasteiger partial charge in [-0.2, -0.15) is 0 Å². The van der Waals surface area contributed by atoms with Gasteiger partial charge in [-0.25, -0.2) is 0 Å². The number of aliphatic hydroxyl groups excluding tert-OH is 3. The van der Waals surface area contributed by atoms with Gasteiger partial charge in [-0.15, -0.1) is 11.8 Å². The summed E-state index contributed by atoms with van der Waals surface area (Å²) < 4.78 is 0. The van der Waals surface area contributed by atoms with Crippen molar-refractivity contribution >= 4 is 56.7 Å². The third-order valence-electron chi connectivity index (χ3n) is 8.13. The fourth-order valence-corrected chi connectivity index (χ4v) is 12.2. The summed E-state index contributed by atoms with van der Waals surface area (Å²) >= 11 is 0.963. The SMILES string of the molecule is O=C1C[C@@H]2SS[C@]34C[C@H]1[C@H]([C@@H]2O)N3C(=O)[C@]12C[C@@H]3C(=O)[C@H](S1)[C@@H](O)[C@@H](O)[C@@H]3N2C4=O. The minimum absolute atomic E-state index is 0.0311. The molecule has 7 aliphatic rings. The molecule has 5 aliphatic heterocycles. The lowest BCUT2D eigenvalue weighted by Crippen LogP contribution is -2.74. The van der Waals surface area contributed by atoms with Gasteiger partial charge in [-0.1, -0.05) is 21.6 Å². The minimum Gasteiger partial charge on any atom is -0.390 e. The number of nitrogens with zero attached hydrogens (tertiary/aromatic N) is 2. The Kier molecular flexibility index (Phi) is 3.37. The Labute approximate surface area is 182 Å². The number of ketones is 2. The molecule has 3 N–H and O–H groups in total. The number of Topliss-reactive ketones (excluding diaryl/α,β-unsaturated/α-hetero) is 2. The number of thioether (sulfide) groups is 1. The predicted molar refractivity (Wildman–Crippen MR) is 106 cm³/mol. The molecule has 12 heteroatoms. The highest BCUT2D eigenvalue weighted by Gasteiger charge is 2.80. The second-order valence-electron chi connectivity index (χ2n) is 9.32. The van der Waals surface area contributed by atoms with Gasteiger partial charge >= 0.3 is 0 Å².